The second-order valence-corrected chi connectivity index (χ2v) is 5.38. The zero-order chi connectivity index (χ0) is 13.9. The summed E-state index contributed by atoms with van der Waals surface area (Å²) in [6.07, 6.45) is 3.81. The van der Waals surface area contributed by atoms with Gasteiger partial charge in [0, 0.05) is 18.7 Å². The zero-order valence-electron chi connectivity index (χ0n) is 11.0. The molecule has 2 heterocycles. The summed E-state index contributed by atoms with van der Waals surface area (Å²) in [6, 6.07) is 8.03. The molecule has 0 spiro atoms. The molecule has 2 aromatic rings. The number of hydrogen-bond acceptors (Lipinski definition) is 4. The number of hydrogen-bond donors (Lipinski definition) is 1. The smallest absolute Gasteiger partial charge is 0.227 e. The van der Waals surface area contributed by atoms with E-state index >= 15 is 0 Å². The summed E-state index contributed by atoms with van der Waals surface area (Å²) in [5.41, 5.74) is 2.10. The molecule has 20 heavy (non-hydrogen) atoms. The predicted molar refractivity (Wildman–Crippen MR) is 79.9 cm³/mol. The van der Waals surface area contributed by atoms with E-state index in [1.165, 1.54) is 6.33 Å². The monoisotopic (exact) mass is 288 g/mol. The maximum Gasteiger partial charge on any atom is 0.227 e. The summed E-state index contributed by atoms with van der Waals surface area (Å²) in [6.45, 7) is 1.46. The number of amides is 1. The molecule has 1 aromatic heterocycles. The molecule has 3 rings (SSSR count). The lowest BCUT2D eigenvalue weighted by Gasteiger charge is -2.16. The SMILES string of the molecule is O=C1CC(CS)CN1c1ccc(Cn2cncn2)cc1. The Morgan fingerprint density at radius 1 is 1.30 bits per heavy atom. The first-order valence-electron chi connectivity index (χ1n) is 6.59. The molecule has 6 heteroatoms. The van der Waals surface area contributed by atoms with Gasteiger partial charge in [-0.1, -0.05) is 12.1 Å². The average Bonchev–Trinajstić information content (AvgIpc) is 3.09. The third-order valence-corrected chi connectivity index (χ3v) is 4.04. The Bertz CT molecular complexity index is 582. The van der Waals surface area contributed by atoms with E-state index in [-0.39, 0.29) is 5.91 Å². The van der Waals surface area contributed by atoms with Gasteiger partial charge in [0.1, 0.15) is 12.7 Å². The Morgan fingerprint density at radius 3 is 2.70 bits per heavy atom. The number of nitrogens with zero attached hydrogens (tertiary/aromatic N) is 4. The van der Waals surface area contributed by atoms with Crippen molar-refractivity contribution in [3.05, 3.63) is 42.5 Å². The van der Waals surface area contributed by atoms with Crippen LogP contribution in [0.15, 0.2) is 36.9 Å². The highest BCUT2D eigenvalue weighted by molar-refractivity contribution is 7.80. The van der Waals surface area contributed by atoms with Crippen LogP contribution in [0.2, 0.25) is 0 Å². The van der Waals surface area contributed by atoms with Crippen molar-refractivity contribution in [2.24, 2.45) is 5.92 Å². The average molecular weight is 288 g/mol. The molecule has 0 N–H and O–H groups in total. The number of thiol groups is 1. The van der Waals surface area contributed by atoms with Gasteiger partial charge in [0.2, 0.25) is 5.91 Å². The van der Waals surface area contributed by atoms with Gasteiger partial charge >= 0.3 is 0 Å². The third kappa shape index (κ3) is 2.70. The van der Waals surface area contributed by atoms with E-state index in [0.29, 0.717) is 18.9 Å². The molecule has 1 saturated heterocycles. The Kier molecular flexibility index (Phi) is 3.73. The standard InChI is InChI=1S/C14H16N4OS/c19-14-5-12(8-20)7-18(14)13-3-1-11(2-4-13)6-17-10-15-9-16-17/h1-4,9-10,12,20H,5-8H2. The zero-order valence-corrected chi connectivity index (χ0v) is 11.9. The van der Waals surface area contributed by atoms with Crippen LogP contribution in [0, 0.1) is 5.92 Å². The Hall–Kier alpha value is -1.82. The van der Waals surface area contributed by atoms with Gasteiger partial charge < -0.3 is 4.90 Å². The van der Waals surface area contributed by atoms with Gasteiger partial charge in [0.25, 0.3) is 0 Å². The highest BCUT2D eigenvalue weighted by atomic mass is 32.1. The molecule has 5 nitrogen and oxygen atoms in total. The maximum atomic E-state index is 12.0. The number of rotatable bonds is 4. The van der Waals surface area contributed by atoms with Crippen LogP contribution in [0.3, 0.4) is 0 Å². The molecular formula is C14H16N4OS. The fourth-order valence-corrected chi connectivity index (χ4v) is 2.68. The third-order valence-electron chi connectivity index (χ3n) is 3.52. The van der Waals surface area contributed by atoms with Crippen molar-refractivity contribution in [3.63, 3.8) is 0 Å². The van der Waals surface area contributed by atoms with Crippen LogP contribution in [-0.4, -0.2) is 33.0 Å². The van der Waals surface area contributed by atoms with E-state index in [1.807, 2.05) is 29.2 Å². The number of benzene rings is 1. The number of aromatic nitrogens is 3. The molecule has 0 bridgehead atoms. The molecule has 1 unspecified atom stereocenters. The van der Waals surface area contributed by atoms with Gasteiger partial charge in [-0.3, -0.25) is 4.79 Å². The summed E-state index contributed by atoms with van der Waals surface area (Å²) in [4.78, 5) is 17.7. The summed E-state index contributed by atoms with van der Waals surface area (Å²) < 4.78 is 1.77. The summed E-state index contributed by atoms with van der Waals surface area (Å²) in [5, 5.41) is 4.08. The minimum atomic E-state index is 0.188. The van der Waals surface area contributed by atoms with Crippen molar-refractivity contribution >= 4 is 24.2 Å². The summed E-state index contributed by atoms with van der Waals surface area (Å²) >= 11 is 4.28. The quantitative estimate of drug-likeness (QED) is 0.870. The number of anilines is 1. The van der Waals surface area contributed by atoms with Crippen molar-refractivity contribution in [2.75, 3.05) is 17.2 Å². The predicted octanol–water partition coefficient (Wildman–Crippen LogP) is 1.61. The Labute approximate surface area is 123 Å². The lowest BCUT2D eigenvalue weighted by molar-refractivity contribution is -0.117. The minimum absolute atomic E-state index is 0.188. The molecule has 1 aliphatic rings. The van der Waals surface area contributed by atoms with Crippen molar-refractivity contribution in [2.45, 2.75) is 13.0 Å². The molecule has 1 atom stereocenters. The molecular weight excluding hydrogens is 272 g/mol. The van der Waals surface area contributed by atoms with E-state index in [2.05, 4.69) is 22.7 Å². The van der Waals surface area contributed by atoms with Crippen LogP contribution in [0.1, 0.15) is 12.0 Å². The second kappa shape index (κ2) is 5.66. The van der Waals surface area contributed by atoms with E-state index in [9.17, 15) is 4.79 Å². The van der Waals surface area contributed by atoms with E-state index in [4.69, 9.17) is 0 Å². The van der Waals surface area contributed by atoms with Gasteiger partial charge in [-0.25, -0.2) is 9.67 Å². The van der Waals surface area contributed by atoms with Crippen LogP contribution < -0.4 is 4.90 Å². The van der Waals surface area contributed by atoms with Gasteiger partial charge in [-0.2, -0.15) is 17.7 Å². The van der Waals surface area contributed by atoms with Gasteiger partial charge in [0.15, 0.2) is 0 Å². The lowest BCUT2D eigenvalue weighted by atomic mass is 10.1. The van der Waals surface area contributed by atoms with E-state index in [1.54, 1.807) is 11.0 Å². The molecule has 1 aliphatic heterocycles. The maximum absolute atomic E-state index is 12.0. The first kappa shape index (κ1) is 13.2. The number of carbonyl (C=O) groups is 1. The molecule has 0 aliphatic carbocycles. The van der Waals surface area contributed by atoms with Crippen molar-refractivity contribution in [1.29, 1.82) is 0 Å². The van der Waals surface area contributed by atoms with E-state index < -0.39 is 0 Å². The fraction of sp³-hybridized carbons (Fsp3) is 0.357. The molecule has 1 fully saturated rings. The first-order valence-corrected chi connectivity index (χ1v) is 7.22. The highest BCUT2D eigenvalue weighted by Crippen LogP contribution is 2.25. The molecule has 0 radical (unpaired) electrons. The minimum Gasteiger partial charge on any atom is -0.312 e. The van der Waals surface area contributed by atoms with Gasteiger partial charge in [-0.05, 0) is 29.4 Å². The molecule has 1 aromatic carbocycles. The van der Waals surface area contributed by atoms with E-state index in [0.717, 1.165) is 23.5 Å². The molecule has 1 amide bonds. The van der Waals surface area contributed by atoms with Crippen LogP contribution >= 0.6 is 12.6 Å². The topological polar surface area (TPSA) is 51.0 Å². The largest absolute Gasteiger partial charge is 0.312 e. The van der Waals surface area contributed by atoms with Gasteiger partial charge in [-0.15, -0.1) is 0 Å². The van der Waals surface area contributed by atoms with Gasteiger partial charge in [0.05, 0.1) is 6.54 Å². The normalized spacial score (nSPS) is 18.8. The highest BCUT2D eigenvalue weighted by Gasteiger charge is 2.29. The molecule has 104 valence electrons. The van der Waals surface area contributed by atoms with Crippen molar-refractivity contribution in [1.82, 2.24) is 14.8 Å². The van der Waals surface area contributed by atoms with Crippen LogP contribution in [0.5, 0.6) is 0 Å². The van der Waals surface area contributed by atoms with Crippen molar-refractivity contribution < 1.29 is 4.79 Å². The summed E-state index contributed by atoms with van der Waals surface area (Å²) in [5.74, 6) is 1.31. The van der Waals surface area contributed by atoms with Crippen LogP contribution in [0.25, 0.3) is 0 Å². The Morgan fingerprint density at radius 2 is 2.10 bits per heavy atom. The number of carbonyl (C=O) groups excluding carboxylic acids is 1. The van der Waals surface area contributed by atoms with Crippen LogP contribution in [0.4, 0.5) is 5.69 Å². The van der Waals surface area contributed by atoms with Crippen LogP contribution in [-0.2, 0) is 11.3 Å². The Balaban J connectivity index is 1.71. The first-order chi connectivity index (χ1) is 9.76. The van der Waals surface area contributed by atoms with Crippen molar-refractivity contribution in [3.8, 4) is 0 Å². The lowest BCUT2D eigenvalue weighted by Crippen LogP contribution is -2.24. The molecule has 0 saturated carbocycles. The second-order valence-electron chi connectivity index (χ2n) is 5.02. The fourth-order valence-electron chi connectivity index (χ4n) is 2.44. The summed E-state index contributed by atoms with van der Waals surface area (Å²) in [7, 11) is 0.